The van der Waals surface area contributed by atoms with Crippen LogP contribution in [0.15, 0.2) is 24.3 Å². The molecule has 1 rings (SSSR count). The lowest BCUT2D eigenvalue weighted by Gasteiger charge is -2.26. The van der Waals surface area contributed by atoms with Gasteiger partial charge in [-0.1, -0.05) is 18.2 Å². The van der Waals surface area contributed by atoms with Crippen LogP contribution >= 0.6 is 0 Å². The quantitative estimate of drug-likeness (QED) is 0.838. The van der Waals surface area contributed by atoms with Crippen LogP contribution in [0.5, 0.6) is 0 Å². The normalized spacial score (nSPS) is 15.9. The molecule has 2 N–H and O–H groups in total. The largest absolute Gasteiger partial charge is 0.416 e. The molecular weight excluding hydrogens is 219 g/mol. The predicted molar refractivity (Wildman–Crippen MR) is 54.9 cm³/mol. The van der Waals surface area contributed by atoms with E-state index in [-0.39, 0.29) is 12.1 Å². The van der Waals surface area contributed by atoms with Crippen LogP contribution in [0.25, 0.3) is 0 Å². The van der Waals surface area contributed by atoms with Crippen LogP contribution in [0.3, 0.4) is 0 Å². The van der Waals surface area contributed by atoms with E-state index >= 15 is 0 Å². The maximum absolute atomic E-state index is 12.7. The molecule has 2 nitrogen and oxygen atoms in total. The van der Waals surface area contributed by atoms with Gasteiger partial charge in [-0.15, -0.1) is 0 Å². The van der Waals surface area contributed by atoms with Gasteiger partial charge in [0.05, 0.1) is 11.2 Å². The van der Waals surface area contributed by atoms with E-state index in [1.807, 2.05) is 0 Å². The van der Waals surface area contributed by atoms with Crippen LogP contribution in [0, 0.1) is 0 Å². The van der Waals surface area contributed by atoms with Gasteiger partial charge in [0, 0.05) is 6.54 Å². The van der Waals surface area contributed by atoms with Gasteiger partial charge < -0.3 is 10.4 Å². The lowest BCUT2D eigenvalue weighted by atomic mass is 9.91. The highest BCUT2D eigenvalue weighted by atomic mass is 19.4. The molecule has 0 aliphatic carbocycles. The van der Waals surface area contributed by atoms with E-state index < -0.39 is 17.3 Å². The number of likely N-dealkylation sites (N-methyl/N-ethyl adjacent to an activating group) is 1. The van der Waals surface area contributed by atoms with Gasteiger partial charge in [0.2, 0.25) is 0 Å². The number of halogens is 3. The van der Waals surface area contributed by atoms with Crippen LogP contribution in [0.2, 0.25) is 0 Å². The van der Waals surface area contributed by atoms with E-state index in [0.29, 0.717) is 0 Å². The summed E-state index contributed by atoms with van der Waals surface area (Å²) in [6, 6.07) is 5.05. The first-order chi connectivity index (χ1) is 7.29. The summed E-state index contributed by atoms with van der Waals surface area (Å²) in [6.07, 6.45) is -4.45. The zero-order valence-corrected chi connectivity index (χ0v) is 9.10. The number of hydrogen-bond acceptors (Lipinski definition) is 2. The van der Waals surface area contributed by atoms with Gasteiger partial charge in [-0.3, -0.25) is 0 Å². The average Bonchev–Trinajstić information content (AvgIpc) is 2.16. The first-order valence-electron chi connectivity index (χ1n) is 4.83. The second-order valence-electron chi connectivity index (χ2n) is 3.85. The van der Waals surface area contributed by atoms with Crippen LogP contribution in [0.4, 0.5) is 13.2 Å². The van der Waals surface area contributed by atoms with E-state index in [4.69, 9.17) is 0 Å². The lowest BCUT2D eigenvalue weighted by Crippen LogP contribution is -2.35. The highest BCUT2D eigenvalue weighted by Crippen LogP contribution is 2.36. The van der Waals surface area contributed by atoms with Crippen molar-refractivity contribution in [1.29, 1.82) is 0 Å². The molecule has 1 aromatic carbocycles. The molecule has 0 aliphatic rings. The van der Waals surface area contributed by atoms with Crippen molar-refractivity contribution in [3.05, 3.63) is 35.4 Å². The average molecular weight is 233 g/mol. The van der Waals surface area contributed by atoms with Crippen molar-refractivity contribution >= 4 is 0 Å². The maximum Gasteiger partial charge on any atom is 0.416 e. The van der Waals surface area contributed by atoms with Crippen molar-refractivity contribution in [2.75, 3.05) is 13.6 Å². The molecule has 0 fully saturated rings. The van der Waals surface area contributed by atoms with Crippen molar-refractivity contribution in [1.82, 2.24) is 5.32 Å². The number of alkyl halides is 3. The number of nitrogens with one attached hydrogen (secondary N) is 1. The molecule has 0 aliphatic heterocycles. The Bertz CT molecular complexity index is 360. The topological polar surface area (TPSA) is 32.3 Å². The Labute approximate surface area is 92.1 Å². The molecule has 0 radical (unpaired) electrons. The zero-order valence-electron chi connectivity index (χ0n) is 9.10. The molecule has 0 spiro atoms. The van der Waals surface area contributed by atoms with E-state index in [9.17, 15) is 18.3 Å². The second-order valence-corrected chi connectivity index (χ2v) is 3.85. The first-order valence-corrected chi connectivity index (χ1v) is 4.83. The third-order valence-corrected chi connectivity index (χ3v) is 2.33. The van der Waals surface area contributed by atoms with Crippen LogP contribution in [-0.4, -0.2) is 18.7 Å². The Morgan fingerprint density at radius 2 is 1.69 bits per heavy atom. The van der Waals surface area contributed by atoms with Crippen LogP contribution in [0.1, 0.15) is 18.1 Å². The molecule has 1 atom stereocenters. The molecule has 90 valence electrons. The number of hydrogen-bond donors (Lipinski definition) is 2. The van der Waals surface area contributed by atoms with E-state index in [1.165, 1.54) is 25.1 Å². The second kappa shape index (κ2) is 4.43. The molecule has 0 saturated carbocycles. The van der Waals surface area contributed by atoms with Gasteiger partial charge in [0.1, 0.15) is 0 Å². The van der Waals surface area contributed by atoms with Gasteiger partial charge in [0.15, 0.2) is 0 Å². The summed E-state index contributed by atoms with van der Waals surface area (Å²) >= 11 is 0. The molecular formula is C11H14F3NO. The predicted octanol–water partition coefficient (Wildman–Crippen LogP) is 2.13. The molecule has 1 unspecified atom stereocenters. The molecule has 0 saturated heterocycles. The summed E-state index contributed by atoms with van der Waals surface area (Å²) in [5.74, 6) is 0. The third-order valence-electron chi connectivity index (χ3n) is 2.33. The van der Waals surface area contributed by atoms with Crippen molar-refractivity contribution in [3.63, 3.8) is 0 Å². The van der Waals surface area contributed by atoms with E-state index in [2.05, 4.69) is 5.32 Å². The monoisotopic (exact) mass is 233 g/mol. The summed E-state index contributed by atoms with van der Waals surface area (Å²) < 4.78 is 38.1. The molecule has 0 amide bonds. The minimum atomic E-state index is -4.45. The Kier molecular flexibility index (Phi) is 3.60. The minimum Gasteiger partial charge on any atom is -0.384 e. The third kappa shape index (κ3) is 2.74. The Balaban J connectivity index is 3.23. The van der Waals surface area contributed by atoms with Crippen molar-refractivity contribution in [3.8, 4) is 0 Å². The van der Waals surface area contributed by atoms with E-state index in [0.717, 1.165) is 6.07 Å². The summed E-state index contributed by atoms with van der Waals surface area (Å²) in [5.41, 5.74) is -2.45. The molecule has 0 bridgehead atoms. The van der Waals surface area contributed by atoms with Crippen molar-refractivity contribution in [2.45, 2.75) is 18.7 Å². The summed E-state index contributed by atoms with van der Waals surface area (Å²) in [4.78, 5) is 0. The van der Waals surface area contributed by atoms with E-state index in [1.54, 1.807) is 7.05 Å². The van der Waals surface area contributed by atoms with Gasteiger partial charge in [-0.2, -0.15) is 13.2 Å². The standard InChI is InChI=1S/C11H14F3NO/c1-10(16,7-15-2)8-5-3-4-6-9(8)11(12,13)14/h3-6,15-16H,7H2,1-2H3. The van der Waals surface area contributed by atoms with Crippen molar-refractivity contribution in [2.24, 2.45) is 0 Å². The Hall–Kier alpha value is -1.07. The fourth-order valence-electron chi connectivity index (χ4n) is 1.64. The summed E-state index contributed by atoms with van der Waals surface area (Å²) in [6.45, 7) is 1.41. The molecule has 1 aromatic rings. The first kappa shape index (κ1) is 13.0. The van der Waals surface area contributed by atoms with Gasteiger partial charge >= 0.3 is 6.18 Å². The van der Waals surface area contributed by atoms with Gasteiger partial charge in [-0.05, 0) is 25.6 Å². The lowest BCUT2D eigenvalue weighted by molar-refractivity contribution is -0.140. The maximum atomic E-state index is 12.7. The zero-order chi connectivity index (χ0) is 12.4. The number of aliphatic hydroxyl groups is 1. The van der Waals surface area contributed by atoms with Crippen LogP contribution < -0.4 is 5.32 Å². The number of rotatable bonds is 3. The molecule has 16 heavy (non-hydrogen) atoms. The Morgan fingerprint density at radius 1 is 1.19 bits per heavy atom. The fourth-order valence-corrected chi connectivity index (χ4v) is 1.64. The molecule has 0 heterocycles. The number of benzene rings is 1. The fraction of sp³-hybridized carbons (Fsp3) is 0.455. The molecule has 5 heteroatoms. The summed E-state index contributed by atoms with van der Waals surface area (Å²) in [5, 5.41) is 12.6. The smallest absolute Gasteiger partial charge is 0.384 e. The summed E-state index contributed by atoms with van der Waals surface area (Å²) in [7, 11) is 1.57. The highest BCUT2D eigenvalue weighted by molar-refractivity contribution is 5.34. The van der Waals surface area contributed by atoms with Crippen molar-refractivity contribution < 1.29 is 18.3 Å². The SMILES string of the molecule is CNCC(C)(O)c1ccccc1C(F)(F)F. The molecule has 0 aromatic heterocycles. The Morgan fingerprint density at radius 3 is 2.12 bits per heavy atom. The van der Waals surface area contributed by atoms with Gasteiger partial charge in [-0.25, -0.2) is 0 Å². The minimum absolute atomic E-state index is 0.0556. The van der Waals surface area contributed by atoms with Gasteiger partial charge in [0.25, 0.3) is 0 Å². The van der Waals surface area contributed by atoms with Crippen LogP contribution in [-0.2, 0) is 11.8 Å². The highest BCUT2D eigenvalue weighted by Gasteiger charge is 2.38.